The van der Waals surface area contributed by atoms with Crippen molar-refractivity contribution in [3.05, 3.63) is 71.9 Å². The Morgan fingerprint density at radius 3 is 2.50 bits per heavy atom. The molecule has 1 aromatic heterocycles. The monoisotopic (exact) mass is 347 g/mol. The van der Waals surface area contributed by atoms with E-state index >= 15 is 0 Å². The highest BCUT2D eigenvalue weighted by molar-refractivity contribution is 6.09. The lowest BCUT2D eigenvalue weighted by Gasteiger charge is -2.09. The summed E-state index contributed by atoms with van der Waals surface area (Å²) >= 11 is 0. The number of pyridine rings is 1. The fraction of sp³-hybridized carbons (Fsp3) is 0.190. The summed E-state index contributed by atoms with van der Waals surface area (Å²) in [5.74, 6) is -0.439. The number of anilines is 1. The second kappa shape index (κ2) is 8.25. The van der Waals surface area contributed by atoms with Crippen molar-refractivity contribution >= 4 is 28.4 Å². The van der Waals surface area contributed by atoms with Crippen molar-refractivity contribution in [3.63, 3.8) is 0 Å². The van der Waals surface area contributed by atoms with Crippen molar-refractivity contribution in [1.82, 2.24) is 10.3 Å². The predicted octanol–water partition coefficient (Wildman–Crippen LogP) is 4.02. The van der Waals surface area contributed by atoms with E-state index in [-0.39, 0.29) is 11.8 Å². The topological polar surface area (TPSA) is 71.1 Å². The Balaban J connectivity index is 1.77. The van der Waals surface area contributed by atoms with E-state index in [1.165, 1.54) is 0 Å². The van der Waals surface area contributed by atoms with E-state index in [0.29, 0.717) is 23.4 Å². The molecule has 5 nitrogen and oxygen atoms in total. The van der Waals surface area contributed by atoms with Crippen molar-refractivity contribution in [2.45, 2.75) is 19.8 Å². The van der Waals surface area contributed by atoms with Crippen LogP contribution < -0.4 is 10.6 Å². The van der Waals surface area contributed by atoms with E-state index in [1.807, 2.05) is 30.3 Å². The van der Waals surface area contributed by atoms with Gasteiger partial charge in [0.1, 0.15) is 0 Å². The summed E-state index contributed by atoms with van der Waals surface area (Å²) in [6, 6.07) is 16.1. The van der Waals surface area contributed by atoms with Gasteiger partial charge in [-0.1, -0.05) is 37.6 Å². The van der Waals surface area contributed by atoms with Gasteiger partial charge >= 0.3 is 0 Å². The normalized spacial score (nSPS) is 10.5. The maximum atomic E-state index is 12.6. The molecule has 26 heavy (non-hydrogen) atoms. The SMILES string of the molecule is CCCCNC(=O)c1cccc(C(=O)Nc2cccc3cccnc23)c1. The fourth-order valence-corrected chi connectivity index (χ4v) is 2.68. The van der Waals surface area contributed by atoms with Gasteiger partial charge in [0, 0.05) is 29.3 Å². The van der Waals surface area contributed by atoms with Crippen LogP contribution in [0.15, 0.2) is 60.8 Å². The lowest BCUT2D eigenvalue weighted by atomic mass is 10.1. The first-order valence-electron chi connectivity index (χ1n) is 8.72. The van der Waals surface area contributed by atoms with Crippen LogP contribution in [-0.2, 0) is 0 Å². The van der Waals surface area contributed by atoms with E-state index in [0.717, 1.165) is 23.7 Å². The van der Waals surface area contributed by atoms with Gasteiger partial charge in [0.2, 0.25) is 0 Å². The quantitative estimate of drug-likeness (QED) is 0.662. The van der Waals surface area contributed by atoms with Crippen LogP contribution in [0.3, 0.4) is 0 Å². The number of carbonyl (C=O) groups is 2. The first-order valence-corrected chi connectivity index (χ1v) is 8.72. The molecule has 1 heterocycles. The highest BCUT2D eigenvalue weighted by Gasteiger charge is 2.12. The summed E-state index contributed by atoms with van der Waals surface area (Å²) in [6.45, 7) is 2.70. The first kappa shape index (κ1) is 17.6. The first-order chi connectivity index (χ1) is 12.7. The number of para-hydroxylation sites is 1. The lowest BCUT2D eigenvalue weighted by molar-refractivity contribution is 0.0953. The molecule has 132 valence electrons. The molecule has 0 fully saturated rings. The number of aromatic nitrogens is 1. The summed E-state index contributed by atoms with van der Waals surface area (Å²) in [6.07, 6.45) is 3.64. The van der Waals surface area contributed by atoms with E-state index in [2.05, 4.69) is 22.5 Å². The number of hydrogen-bond donors (Lipinski definition) is 2. The average molecular weight is 347 g/mol. The van der Waals surface area contributed by atoms with Gasteiger partial charge < -0.3 is 10.6 Å². The molecule has 0 aliphatic carbocycles. The van der Waals surface area contributed by atoms with Gasteiger partial charge in [-0.2, -0.15) is 0 Å². The molecule has 2 N–H and O–H groups in total. The van der Waals surface area contributed by atoms with Gasteiger partial charge in [-0.05, 0) is 36.8 Å². The number of hydrogen-bond acceptors (Lipinski definition) is 3. The van der Waals surface area contributed by atoms with Gasteiger partial charge in [-0.25, -0.2) is 0 Å². The molecule has 0 spiro atoms. The standard InChI is InChI=1S/C21H21N3O2/c1-2-3-12-23-20(25)16-8-4-9-17(14-16)21(26)24-18-11-5-7-15-10-6-13-22-19(15)18/h4-11,13-14H,2-3,12H2,1H3,(H,23,25)(H,24,26). The summed E-state index contributed by atoms with van der Waals surface area (Å²) in [5, 5.41) is 6.70. The van der Waals surface area contributed by atoms with Crippen molar-refractivity contribution in [2.24, 2.45) is 0 Å². The Labute approximate surface area is 152 Å². The molecular weight excluding hydrogens is 326 g/mol. The Bertz CT molecular complexity index is 932. The molecule has 0 atom stereocenters. The van der Waals surface area contributed by atoms with Crippen molar-refractivity contribution in [3.8, 4) is 0 Å². The molecule has 2 aromatic carbocycles. The maximum Gasteiger partial charge on any atom is 0.255 e. The zero-order valence-electron chi connectivity index (χ0n) is 14.7. The molecular formula is C21H21N3O2. The number of fused-ring (bicyclic) bond motifs is 1. The molecule has 0 saturated heterocycles. The third-order valence-corrected chi connectivity index (χ3v) is 4.08. The summed E-state index contributed by atoms with van der Waals surface area (Å²) < 4.78 is 0. The van der Waals surface area contributed by atoms with Crippen LogP contribution in [0.1, 0.15) is 40.5 Å². The lowest BCUT2D eigenvalue weighted by Crippen LogP contribution is -2.24. The van der Waals surface area contributed by atoms with Crippen LogP contribution in [0.2, 0.25) is 0 Å². The molecule has 3 aromatic rings. The minimum atomic E-state index is -0.272. The molecule has 0 aliphatic heterocycles. The van der Waals surface area contributed by atoms with Gasteiger partial charge in [-0.15, -0.1) is 0 Å². The second-order valence-corrected chi connectivity index (χ2v) is 6.03. The summed E-state index contributed by atoms with van der Waals surface area (Å²) in [7, 11) is 0. The Morgan fingerprint density at radius 2 is 1.69 bits per heavy atom. The van der Waals surface area contributed by atoms with Gasteiger partial charge in [0.25, 0.3) is 11.8 Å². The van der Waals surface area contributed by atoms with Crippen LogP contribution >= 0.6 is 0 Å². The number of amides is 2. The summed E-state index contributed by atoms with van der Waals surface area (Å²) in [4.78, 5) is 29.1. The van der Waals surface area contributed by atoms with Crippen LogP contribution in [0.5, 0.6) is 0 Å². The molecule has 3 rings (SSSR count). The highest BCUT2D eigenvalue weighted by atomic mass is 16.2. The van der Waals surface area contributed by atoms with Crippen molar-refractivity contribution < 1.29 is 9.59 Å². The van der Waals surface area contributed by atoms with E-state index in [4.69, 9.17) is 0 Å². The van der Waals surface area contributed by atoms with E-state index in [9.17, 15) is 9.59 Å². The molecule has 0 radical (unpaired) electrons. The minimum Gasteiger partial charge on any atom is -0.352 e. The van der Waals surface area contributed by atoms with Crippen LogP contribution in [0.4, 0.5) is 5.69 Å². The van der Waals surface area contributed by atoms with Gasteiger partial charge in [0.15, 0.2) is 0 Å². The Morgan fingerprint density at radius 1 is 0.962 bits per heavy atom. The highest BCUT2D eigenvalue weighted by Crippen LogP contribution is 2.21. The molecule has 5 heteroatoms. The number of nitrogens with zero attached hydrogens (tertiary/aromatic N) is 1. The number of unbranched alkanes of at least 4 members (excludes halogenated alkanes) is 1. The summed E-state index contributed by atoms with van der Waals surface area (Å²) in [5.41, 5.74) is 2.29. The molecule has 0 saturated carbocycles. The minimum absolute atomic E-state index is 0.167. The molecule has 0 unspecified atom stereocenters. The zero-order valence-corrected chi connectivity index (χ0v) is 14.7. The molecule has 0 aliphatic rings. The van der Waals surface area contributed by atoms with Crippen LogP contribution in [-0.4, -0.2) is 23.3 Å². The van der Waals surface area contributed by atoms with E-state index in [1.54, 1.807) is 30.5 Å². The predicted molar refractivity (Wildman–Crippen MR) is 103 cm³/mol. The molecule has 0 bridgehead atoms. The number of carbonyl (C=O) groups excluding carboxylic acids is 2. The van der Waals surface area contributed by atoms with Crippen LogP contribution in [0, 0.1) is 0 Å². The zero-order chi connectivity index (χ0) is 18.4. The Hall–Kier alpha value is -3.21. The fourth-order valence-electron chi connectivity index (χ4n) is 2.68. The molecule has 2 amide bonds. The smallest absolute Gasteiger partial charge is 0.255 e. The third-order valence-electron chi connectivity index (χ3n) is 4.08. The van der Waals surface area contributed by atoms with Gasteiger partial charge in [0.05, 0.1) is 11.2 Å². The number of nitrogens with one attached hydrogen (secondary N) is 2. The average Bonchev–Trinajstić information content (AvgIpc) is 2.68. The van der Waals surface area contributed by atoms with Gasteiger partial charge in [-0.3, -0.25) is 14.6 Å². The van der Waals surface area contributed by atoms with Crippen molar-refractivity contribution in [1.29, 1.82) is 0 Å². The van der Waals surface area contributed by atoms with Crippen LogP contribution in [0.25, 0.3) is 10.9 Å². The largest absolute Gasteiger partial charge is 0.352 e. The Kier molecular flexibility index (Phi) is 5.59. The van der Waals surface area contributed by atoms with Crippen molar-refractivity contribution in [2.75, 3.05) is 11.9 Å². The number of rotatable bonds is 6. The maximum absolute atomic E-state index is 12.6. The van der Waals surface area contributed by atoms with E-state index < -0.39 is 0 Å². The third kappa shape index (κ3) is 4.06. The number of benzene rings is 2. The second-order valence-electron chi connectivity index (χ2n) is 6.03.